The van der Waals surface area contributed by atoms with Gasteiger partial charge in [0.2, 0.25) is 0 Å². The van der Waals surface area contributed by atoms with Crippen molar-refractivity contribution >= 4 is 5.69 Å². The van der Waals surface area contributed by atoms with Crippen LogP contribution in [-0.4, -0.2) is 26.9 Å². The van der Waals surface area contributed by atoms with E-state index >= 15 is 0 Å². The van der Waals surface area contributed by atoms with Gasteiger partial charge in [0.25, 0.3) is 0 Å². The van der Waals surface area contributed by atoms with Crippen LogP contribution in [0.2, 0.25) is 0 Å². The summed E-state index contributed by atoms with van der Waals surface area (Å²) >= 11 is 0. The van der Waals surface area contributed by atoms with E-state index in [-0.39, 0.29) is 11.9 Å². The van der Waals surface area contributed by atoms with Crippen LogP contribution in [0.1, 0.15) is 63.6 Å². The summed E-state index contributed by atoms with van der Waals surface area (Å²) in [5.74, 6) is 0.675. The first-order valence-corrected chi connectivity index (χ1v) is 10.6. The average Bonchev–Trinajstić information content (AvgIpc) is 3.16. The van der Waals surface area contributed by atoms with Gasteiger partial charge in [-0.1, -0.05) is 26.5 Å². The molecule has 0 radical (unpaired) electrons. The highest BCUT2D eigenvalue weighted by atomic mass is 16.3. The second-order valence-electron chi connectivity index (χ2n) is 8.49. The maximum absolute atomic E-state index is 9.95. The number of hydrogen-bond acceptors (Lipinski definition) is 3. The minimum absolute atomic E-state index is 0.144. The number of rotatable bonds is 7. The predicted octanol–water partition coefficient (Wildman–Crippen LogP) is 5.88. The van der Waals surface area contributed by atoms with Gasteiger partial charge in [0, 0.05) is 35.7 Å². The van der Waals surface area contributed by atoms with E-state index in [0.717, 1.165) is 42.6 Å². The van der Waals surface area contributed by atoms with E-state index in [2.05, 4.69) is 60.8 Å². The van der Waals surface area contributed by atoms with Crippen molar-refractivity contribution < 1.29 is 10.2 Å². The van der Waals surface area contributed by atoms with E-state index in [1.807, 2.05) is 13.0 Å². The molecule has 1 aliphatic carbocycles. The number of benzene rings is 1. The van der Waals surface area contributed by atoms with Crippen molar-refractivity contribution in [3.05, 3.63) is 71.8 Å². The molecule has 1 fully saturated rings. The molecule has 4 nitrogen and oxygen atoms in total. The molecule has 29 heavy (non-hydrogen) atoms. The summed E-state index contributed by atoms with van der Waals surface area (Å²) in [4.78, 5) is 0. The lowest BCUT2D eigenvalue weighted by molar-refractivity contribution is 0.126. The molecule has 1 aliphatic rings. The van der Waals surface area contributed by atoms with Crippen LogP contribution in [0, 0.1) is 0 Å². The number of hydrogen-bond donors (Lipinski definition) is 3. The Morgan fingerprint density at radius 2 is 1.97 bits per heavy atom. The van der Waals surface area contributed by atoms with Crippen molar-refractivity contribution in [2.75, 3.05) is 5.32 Å². The first-order chi connectivity index (χ1) is 13.9. The summed E-state index contributed by atoms with van der Waals surface area (Å²) in [6.07, 6.45) is 7.82. The molecule has 1 saturated carbocycles. The third-order valence-electron chi connectivity index (χ3n) is 5.90. The predicted molar refractivity (Wildman–Crippen MR) is 121 cm³/mol. The number of aromatic nitrogens is 1. The highest BCUT2D eigenvalue weighted by Gasteiger charge is 2.20. The molecule has 0 atom stereocenters. The fourth-order valence-electron chi connectivity index (χ4n) is 4.11. The molecule has 0 spiro atoms. The Kier molecular flexibility index (Phi) is 6.86. The van der Waals surface area contributed by atoms with Gasteiger partial charge in [-0.05, 0) is 80.0 Å². The van der Waals surface area contributed by atoms with E-state index in [1.54, 1.807) is 0 Å². The van der Waals surface area contributed by atoms with Gasteiger partial charge < -0.3 is 20.1 Å². The van der Waals surface area contributed by atoms with Crippen LogP contribution in [0.15, 0.2) is 60.5 Å². The zero-order chi connectivity index (χ0) is 21.0. The largest absolute Gasteiger partial charge is 0.508 e. The quantitative estimate of drug-likeness (QED) is 0.406. The Bertz CT molecular complexity index is 871. The molecule has 4 heteroatoms. The molecule has 3 N–H and O–H groups in total. The summed E-state index contributed by atoms with van der Waals surface area (Å²) in [6.45, 7) is 10.0. The van der Waals surface area contributed by atoms with Gasteiger partial charge >= 0.3 is 0 Å². The zero-order valence-corrected chi connectivity index (χ0v) is 17.9. The maximum Gasteiger partial charge on any atom is 0.114 e. The Hall–Kier alpha value is -2.46. The number of aliphatic hydroxyl groups is 2. The van der Waals surface area contributed by atoms with E-state index in [0.29, 0.717) is 18.4 Å². The van der Waals surface area contributed by atoms with Crippen molar-refractivity contribution in [1.29, 1.82) is 0 Å². The number of nitrogens with zero attached hydrogens (tertiary/aromatic N) is 1. The lowest BCUT2D eigenvalue weighted by Crippen LogP contribution is -2.28. The minimum atomic E-state index is -0.144. The molecule has 2 aromatic rings. The molecule has 0 aliphatic heterocycles. The SMILES string of the molecule is C=C/C(O)=C(\C)Cc1cccn1-c1ccc(C(C)C)c(N[C@H]2CC[C@H](O)CC2)c1. The Labute approximate surface area is 174 Å². The van der Waals surface area contributed by atoms with Crippen LogP contribution in [-0.2, 0) is 6.42 Å². The second kappa shape index (κ2) is 9.36. The van der Waals surface area contributed by atoms with E-state index in [4.69, 9.17) is 0 Å². The highest BCUT2D eigenvalue weighted by molar-refractivity contribution is 5.59. The third-order valence-corrected chi connectivity index (χ3v) is 5.90. The Balaban J connectivity index is 1.90. The van der Waals surface area contributed by atoms with Gasteiger partial charge in [-0.15, -0.1) is 0 Å². The summed E-state index contributed by atoms with van der Waals surface area (Å²) in [5.41, 5.74) is 5.63. The van der Waals surface area contributed by atoms with E-state index < -0.39 is 0 Å². The monoisotopic (exact) mass is 394 g/mol. The summed E-state index contributed by atoms with van der Waals surface area (Å²) in [7, 11) is 0. The number of anilines is 1. The summed E-state index contributed by atoms with van der Waals surface area (Å²) in [5, 5.41) is 23.5. The first kappa shape index (κ1) is 21.3. The molecule has 0 amide bonds. The molecule has 1 heterocycles. The summed E-state index contributed by atoms with van der Waals surface area (Å²) in [6, 6.07) is 11.2. The number of allylic oxidation sites excluding steroid dienone is 2. The fourth-order valence-corrected chi connectivity index (χ4v) is 4.11. The lowest BCUT2D eigenvalue weighted by Gasteiger charge is -2.29. The molecular formula is C25H34N2O2. The van der Waals surface area contributed by atoms with Crippen molar-refractivity contribution in [2.45, 2.75) is 70.9 Å². The normalized spacial score (nSPS) is 20.4. The fraction of sp³-hybridized carbons (Fsp3) is 0.440. The maximum atomic E-state index is 9.95. The minimum Gasteiger partial charge on any atom is -0.508 e. The molecule has 0 bridgehead atoms. The van der Waals surface area contributed by atoms with Gasteiger partial charge in [0.05, 0.1) is 6.10 Å². The van der Waals surface area contributed by atoms with Gasteiger partial charge in [-0.25, -0.2) is 0 Å². The average molecular weight is 395 g/mol. The molecule has 1 aromatic carbocycles. The third kappa shape index (κ3) is 5.13. The van der Waals surface area contributed by atoms with Gasteiger partial charge in [0.1, 0.15) is 5.76 Å². The van der Waals surface area contributed by atoms with E-state index in [9.17, 15) is 10.2 Å². The van der Waals surface area contributed by atoms with Gasteiger partial charge in [-0.3, -0.25) is 0 Å². The topological polar surface area (TPSA) is 57.4 Å². The van der Waals surface area contributed by atoms with Crippen LogP contribution in [0.4, 0.5) is 5.69 Å². The zero-order valence-electron chi connectivity index (χ0n) is 17.9. The molecular weight excluding hydrogens is 360 g/mol. The smallest absolute Gasteiger partial charge is 0.114 e. The molecule has 3 rings (SSSR count). The van der Waals surface area contributed by atoms with Crippen LogP contribution in [0.3, 0.4) is 0 Å². The number of aliphatic hydroxyl groups excluding tert-OH is 2. The van der Waals surface area contributed by atoms with Crippen LogP contribution < -0.4 is 5.32 Å². The molecule has 1 aromatic heterocycles. The highest BCUT2D eigenvalue weighted by Crippen LogP contribution is 2.31. The second-order valence-corrected chi connectivity index (χ2v) is 8.49. The standard InChI is InChI=1S/C25H34N2O2/c1-5-25(29)18(4)15-20-7-6-14-27(20)21-10-13-23(17(2)3)24(16-21)26-19-8-11-22(28)12-9-19/h5-7,10,13-14,16-17,19,22,26,28-29H,1,8-9,11-12,15H2,2-4H3/b25-18-/t19-,22-. The van der Waals surface area contributed by atoms with Crippen molar-refractivity contribution in [2.24, 2.45) is 0 Å². The van der Waals surface area contributed by atoms with Crippen molar-refractivity contribution in [1.82, 2.24) is 4.57 Å². The van der Waals surface area contributed by atoms with Crippen LogP contribution in [0.5, 0.6) is 0 Å². The summed E-state index contributed by atoms with van der Waals surface area (Å²) < 4.78 is 2.18. The van der Waals surface area contributed by atoms with Crippen molar-refractivity contribution in [3.8, 4) is 5.69 Å². The van der Waals surface area contributed by atoms with Gasteiger partial charge in [-0.2, -0.15) is 0 Å². The van der Waals surface area contributed by atoms with Gasteiger partial charge in [0.15, 0.2) is 0 Å². The molecule has 156 valence electrons. The van der Waals surface area contributed by atoms with Crippen LogP contribution >= 0.6 is 0 Å². The lowest BCUT2D eigenvalue weighted by atomic mass is 9.92. The van der Waals surface area contributed by atoms with Crippen LogP contribution in [0.25, 0.3) is 5.69 Å². The first-order valence-electron chi connectivity index (χ1n) is 10.6. The Morgan fingerprint density at radius 1 is 1.24 bits per heavy atom. The van der Waals surface area contributed by atoms with E-state index in [1.165, 1.54) is 17.3 Å². The number of nitrogens with one attached hydrogen (secondary N) is 1. The molecule has 0 saturated heterocycles. The Morgan fingerprint density at radius 3 is 2.62 bits per heavy atom. The van der Waals surface area contributed by atoms with Crippen molar-refractivity contribution in [3.63, 3.8) is 0 Å². The molecule has 0 unspecified atom stereocenters.